The lowest BCUT2D eigenvalue weighted by molar-refractivity contribution is -0.129. The van der Waals surface area contributed by atoms with Gasteiger partial charge in [-0.3, -0.25) is 4.79 Å². The van der Waals surface area contributed by atoms with Gasteiger partial charge in [0, 0.05) is 5.92 Å². The van der Waals surface area contributed by atoms with Crippen molar-refractivity contribution in [3.05, 3.63) is 0 Å². The monoisotopic (exact) mass is 227 g/mol. The first-order valence-corrected chi connectivity index (χ1v) is 6.29. The Morgan fingerprint density at radius 2 is 2.12 bits per heavy atom. The van der Waals surface area contributed by atoms with Crippen LogP contribution < -0.4 is 5.32 Å². The third kappa shape index (κ3) is 2.97. The summed E-state index contributed by atoms with van der Waals surface area (Å²) in [6.07, 6.45) is 3.24. The average molecular weight is 227 g/mol. The van der Waals surface area contributed by atoms with Crippen LogP contribution in [0.1, 0.15) is 47.0 Å². The van der Waals surface area contributed by atoms with Crippen LogP contribution in [0, 0.1) is 17.3 Å². The van der Waals surface area contributed by atoms with Gasteiger partial charge in [0.2, 0.25) is 5.91 Å². The zero-order chi connectivity index (χ0) is 12.3. The Balaban J connectivity index is 2.58. The highest BCUT2D eigenvalue weighted by atomic mass is 16.3. The van der Waals surface area contributed by atoms with Gasteiger partial charge in [-0.05, 0) is 24.2 Å². The lowest BCUT2D eigenvalue weighted by Gasteiger charge is -2.29. The summed E-state index contributed by atoms with van der Waals surface area (Å²) in [5.41, 5.74) is 0.112. The van der Waals surface area contributed by atoms with E-state index < -0.39 is 0 Å². The third-order valence-electron chi connectivity index (χ3n) is 3.90. The van der Waals surface area contributed by atoms with E-state index in [9.17, 15) is 9.90 Å². The van der Waals surface area contributed by atoms with E-state index >= 15 is 0 Å². The van der Waals surface area contributed by atoms with Crippen molar-refractivity contribution >= 4 is 5.91 Å². The van der Waals surface area contributed by atoms with E-state index in [-0.39, 0.29) is 35.8 Å². The van der Waals surface area contributed by atoms with Gasteiger partial charge in [-0.1, -0.05) is 34.1 Å². The lowest BCUT2D eigenvalue weighted by Crippen LogP contribution is -2.46. The van der Waals surface area contributed by atoms with Crippen molar-refractivity contribution in [2.75, 3.05) is 6.61 Å². The minimum Gasteiger partial charge on any atom is -0.394 e. The Hall–Kier alpha value is -0.570. The summed E-state index contributed by atoms with van der Waals surface area (Å²) < 4.78 is 0. The lowest BCUT2D eigenvalue weighted by atomic mass is 9.81. The highest BCUT2D eigenvalue weighted by molar-refractivity contribution is 5.80. The van der Waals surface area contributed by atoms with Crippen molar-refractivity contribution in [2.24, 2.45) is 17.3 Å². The number of aliphatic hydroxyl groups is 1. The van der Waals surface area contributed by atoms with Crippen molar-refractivity contribution in [2.45, 2.75) is 53.0 Å². The minimum absolute atomic E-state index is 0.0244. The number of rotatable bonds is 4. The third-order valence-corrected chi connectivity index (χ3v) is 3.90. The Bertz CT molecular complexity index is 248. The van der Waals surface area contributed by atoms with Gasteiger partial charge in [-0.15, -0.1) is 0 Å². The van der Waals surface area contributed by atoms with Gasteiger partial charge >= 0.3 is 0 Å². The number of carbonyl (C=O) groups excluding carboxylic acids is 1. The molecule has 1 fully saturated rings. The summed E-state index contributed by atoms with van der Waals surface area (Å²) in [6, 6.07) is -0.108. The first-order chi connectivity index (χ1) is 7.38. The fourth-order valence-corrected chi connectivity index (χ4v) is 2.52. The second-order valence-electron chi connectivity index (χ2n) is 5.98. The molecule has 3 nitrogen and oxygen atoms in total. The quantitative estimate of drug-likeness (QED) is 0.771. The summed E-state index contributed by atoms with van der Waals surface area (Å²) in [4.78, 5) is 12.1. The Kier molecular flexibility index (Phi) is 4.36. The maximum atomic E-state index is 12.1. The maximum absolute atomic E-state index is 12.1. The highest BCUT2D eigenvalue weighted by Crippen LogP contribution is 2.42. The van der Waals surface area contributed by atoms with Gasteiger partial charge in [0.1, 0.15) is 0 Å². The van der Waals surface area contributed by atoms with Crippen molar-refractivity contribution in [3.8, 4) is 0 Å². The average Bonchev–Trinajstić information content (AvgIpc) is 2.53. The number of hydrogen-bond donors (Lipinski definition) is 2. The van der Waals surface area contributed by atoms with Crippen molar-refractivity contribution in [3.63, 3.8) is 0 Å². The summed E-state index contributed by atoms with van der Waals surface area (Å²) in [5.74, 6) is 0.508. The molecule has 1 aliphatic rings. The van der Waals surface area contributed by atoms with E-state index in [1.54, 1.807) is 0 Å². The normalized spacial score (nSPS) is 25.8. The van der Waals surface area contributed by atoms with Crippen molar-refractivity contribution in [1.29, 1.82) is 0 Å². The molecule has 0 aromatic carbocycles. The van der Waals surface area contributed by atoms with E-state index in [1.165, 1.54) is 0 Å². The van der Waals surface area contributed by atoms with Crippen molar-refractivity contribution < 1.29 is 9.90 Å². The van der Waals surface area contributed by atoms with Crippen molar-refractivity contribution in [1.82, 2.24) is 5.32 Å². The Labute approximate surface area is 98.6 Å². The molecule has 2 N–H and O–H groups in total. The van der Waals surface area contributed by atoms with Gasteiger partial charge in [-0.25, -0.2) is 0 Å². The molecule has 3 heteroatoms. The molecule has 2 unspecified atom stereocenters. The van der Waals surface area contributed by atoms with E-state index in [0.717, 1.165) is 19.3 Å². The molecule has 16 heavy (non-hydrogen) atoms. The molecule has 0 radical (unpaired) electrons. The molecule has 0 aromatic rings. The van der Waals surface area contributed by atoms with Crippen LogP contribution >= 0.6 is 0 Å². The molecule has 94 valence electrons. The fourth-order valence-electron chi connectivity index (χ4n) is 2.52. The number of aliphatic hydroxyl groups excluding tert-OH is 1. The summed E-state index contributed by atoms with van der Waals surface area (Å²) in [6.45, 7) is 8.37. The molecular formula is C13H25NO2. The number of nitrogens with one attached hydrogen (secondary N) is 1. The largest absolute Gasteiger partial charge is 0.394 e. The number of amides is 1. The van der Waals surface area contributed by atoms with Crippen LogP contribution in [0.5, 0.6) is 0 Å². The van der Waals surface area contributed by atoms with Crippen LogP contribution in [0.25, 0.3) is 0 Å². The molecule has 0 heterocycles. The minimum atomic E-state index is -0.108. The second kappa shape index (κ2) is 5.17. The highest BCUT2D eigenvalue weighted by Gasteiger charge is 2.39. The zero-order valence-corrected chi connectivity index (χ0v) is 10.9. The topological polar surface area (TPSA) is 49.3 Å². The molecule has 1 saturated carbocycles. The molecule has 0 saturated heterocycles. The van der Waals surface area contributed by atoms with Crippen LogP contribution in [-0.2, 0) is 4.79 Å². The van der Waals surface area contributed by atoms with Crippen LogP contribution in [-0.4, -0.2) is 23.7 Å². The van der Waals surface area contributed by atoms with Crippen LogP contribution in [0.3, 0.4) is 0 Å². The van der Waals surface area contributed by atoms with Crippen LogP contribution in [0.2, 0.25) is 0 Å². The fraction of sp³-hybridized carbons (Fsp3) is 0.923. The molecule has 0 aliphatic heterocycles. The van der Waals surface area contributed by atoms with Gasteiger partial charge in [-0.2, -0.15) is 0 Å². The van der Waals surface area contributed by atoms with Gasteiger partial charge < -0.3 is 10.4 Å². The van der Waals surface area contributed by atoms with Gasteiger partial charge in [0.15, 0.2) is 0 Å². The Morgan fingerprint density at radius 1 is 1.50 bits per heavy atom. The molecule has 1 rings (SSSR count). The van der Waals surface area contributed by atoms with E-state index in [0.29, 0.717) is 0 Å². The number of hydrogen-bond acceptors (Lipinski definition) is 2. The molecule has 1 aliphatic carbocycles. The first-order valence-electron chi connectivity index (χ1n) is 6.29. The standard InChI is InChI=1S/C13H25NO2/c1-9(2)11(8-15)14-12(16)10-6-5-7-13(10,3)4/h9-11,15H,5-8H2,1-4H3,(H,14,16). The predicted octanol–water partition coefficient (Wildman–Crippen LogP) is 1.95. The molecule has 0 spiro atoms. The molecule has 1 amide bonds. The van der Waals surface area contributed by atoms with E-state index in [4.69, 9.17) is 0 Å². The smallest absolute Gasteiger partial charge is 0.223 e. The zero-order valence-electron chi connectivity index (χ0n) is 10.9. The van der Waals surface area contributed by atoms with E-state index in [2.05, 4.69) is 19.2 Å². The molecular weight excluding hydrogens is 202 g/mol. The first kappa shape index (κ1) is 13.5. The van der Waals surface area contributed by atoms with Crippen LogP contribution in [0.4, 0.5) is 0 Å². The molecule has 2 atom stereocenters. The Morgan fingerprint density at radius 3 is 2.50 bits per heavy atom. The molecule has 0 bridgehead atoms. The summed E-state index contributed by atoms with van der Waals surface area (Å²) in [7, 11) is 0. The predicted molar refractivity (Wildman–Crippen MR) is 65.0 cm³/mol. The van der Waals surface area contributed by atoms with E-state index in [1.807, 2.05) is 13.8 Å². The maximum Gasteiger partial charge on any atom is 0.223 e. The SMILES string of the molecule is CC(C)C(CO)NC(=O)C1CCCC1(C)C. The number of carbonyl (C=O) groups is 1. The summed E-state index contributed by atoms with van der Waals surface area (Å²) in [5, 5.41) is 12.2. The van der Waals surface area contributed by atoms with Crippen LogP contribution in [0.15, 0.2) is 0 Å². The second-order valence-corrected chi connectivity index (χ2v) is 5.98. The van der Waals surface area contributed by atoms with Gasteiger partial charge in [0.05, 0.1) is 12.6 Å². The summed E-state index contributed by atoms with van der Waals surface area (Å²) >= 11 is 0. The van der Waals surface area contributed by atoms with Gasteiger partial charge in [0.25, 0.3) is 0 Å². The molecule has 0 aromatic heterocycles.